The molecule has 2 amide bonds. The van der Waals surface area contributed by atoms with Gasteiger partial charge in [-0.3, -0.25) is 9.59 Å². The van der Waals surface area contributed by atoms with Gasteiger partial charge < -0.3 is 15.5 Å². The molecular formula is C17H22ClN3O2. The van der Waals surface area contributed by atoms with Crippen LogP contribution in [0.3, 0.4) is 0 Å². The van der Waals surface area contributed by atoms with Crippen LogP contribution in [0.4, 0.5) is 0 Å². The highest BCUT2D eigenvalue weighted by Crippen LogP contribution is 2.28. The van der Waals surface area contributed by atoms with Crippen molar-refractivity contribution in [2.24, 2.45) is 5.41 Å². The Kier molecular flexibility index (Phi) is 4.87. The molecular weight excluding hydrogens is 314 g/mol. The fourth-order valence-corrected chi connectivity index (χ4v) is 3.34. The number of benzene rings is 1. The predicted octanol–water partition coefficient (Wildman–Crippen LogP) is 1.21. The van der Waals surface area contributed by atoms with Gasteiger partial charge in [0, 0.05) is 44.2 Å². The number of nitrogens with one attached hydrogen (secondary N) is 2. The van der Waals surface area contributed by atoms with Gasteiger partial charge in [0.2, 0.25) is 11.8 Å². The van der Waals surface area contributed by atoms with Crippen LogP contribution in [0.5, 0.6) is 0 Å². The molecule has 23 heavy (non-hydrogen) atoms. The van der Waals surface area contributed by atoms with Crippen LogP contribution in [0.25, 0.3) is 0 Å². The van der Waals surface area contributed by atoms with Crippen LogP contribution in [-0.4, -0.2) is 49.4 Å². The number of nitrogens with zero attached hydrogens (tertiary/aromatic N) is 1. The molecule has 0 aromatic heterocycles. The van der Waals surface area contributed by atoms with Crippen LogP contribution in [0.15, 0.2) is 24.3 Å². The van der Waals surface area contributed by atoms with Crippen molar-refractivity contribution in [1.82, 2.24) is 15.5 Å². The molecule has 6 heteroatoms. The Bertz CT molecular complexity index is 584. The zero-order valence-corrected chi connectivity index (χ0v) is 13.9. The molecule has 0 atom stereocenters. The lowest BCUT2D eigenvalue weighted by Crippen LogP contribution is -2.63. The first-order chi connectivity index (χ1) is 11.1. The van der Waals surface area contributed by atoms with E-state index in [2.05, 4.69) is 10.6 Å². The van der Waals surface area contributed by atoms with Gasteiger partial charge in [-0.05, 0) is 30.5 Å². The molecule has 2 fully saturated rings. The molecule has 2 aliphatic heterocycles. The first-order valence-electron chi connectivity index (χ1n) is 8.10. The third kappa shape index (κ3) is 3.67. The van der Waals surface area contributed by atoms with Crippen molar-refractivity contribution in [2.45, 2.75) is 19.3 Å². The molecule has 0 radical (unpaired) electrons. The van der Waals surface area contributed by atoms with Gasteiger partial charge in [0.25, 0.3) is 0 Å². The van der Waals surface area contributed by atoms with Crippen LogP contribution in [0, 0.1) is 5.41 Å². The maximum Gasteiger partial charge on any atom is 0.229 e. The van der Waals surface area contributed by atoms with Gasteiger partial charge in [-0.1, -0.05) is 23.7 Å². The second-order valence-electron chi connectivity index (χ2n) is 6.43. The zero-order valence-electron chi connectivity index (χ0n) is 13.1. The Hall–Kier alpha value is -1.59. The lowest BCUT2D eigenvalue weighted by atomic mass is 9.75. The van der Waals surface area contributed by atoms with Gasteiger partial charge in [0.1, 0.15) is 0 Å². The third-order valence-electron chi connectivity index (χ3n) is 4.70. The summed E-state index contributed by atoms with van der Waals surface area (Å²) in [6.07, 6.45) is 2.27. The van der Waals surface area contributed by atoms with Crippen molar-refractivity contribution in [3.8, 4) is 0 Å². The van der Waals surface area contributed by atoms with Crippen molar-refractivity contribution in [3.63, 3.8) is 0 Å². The molecule has 124 valence electrons. The second-order valence-corrected chi connectivity index (χ2v) is 6.86. The highest BCUT2D eigenvalue weighted by Gasteiger charge is 2.44. The molecule has 1 aromatic rings. The average molecular weight is 336 g/mol. The second kappa shape index (κ2) is 6.89. The number of amides is 2. The molecule has 1 aromatic carbocycles. The van der Waals surface area contributed by atoms with E-state index in [-0.39, 0.29) is 17.2 Å². The Morgan fingerprint density at radius 3 is 2.61 bits per heavy atom. The lowest BCUT2D eigenvalue weighted by molar-refractivity contribution is -0.134. The van der Waals surface area contributed by atoms with Crippen molar-refractivity contribution < 1.29 is 9.59 Å². The summed E-state index contributed by atoms with van der Waals surface area (Å²) in [5, 5.41) is 6.91. The molecule has 2 saturated heterocycles. The first-order valence-corrected chi connectivity index (χ1v) is 8.48. The van der Waals surface area contributed by atoms with Crippen LogP contribution in [-0.2, 0) is 16.0 Å². The van der Waals surface area contributed by atoms with E-state index in [0.29, 0.717) is 44.0 Å². The van der Waals surface area contributed by atoms with Crippen molar-refractivity contribution in [1.29, 1.82) is 0 Å². The van der Waals surface area contributed by atoms with Gasteiger partial charge in [0.15, 0.2) is 0 Å². The Labute approximate surface area is 141 Å². The summed E-state index contributed by atoms with van der Waals surface area (Å²) in [6.45, 7) is 3.31. The number of carbonyl (C=O) groups excluding carboxylic acids is 2. The molecule has 3 rings (SSSR count). The van der Waals surface area contributed by atoms with E-state index in [0.717, 1.165) is 18.5 Å². The number of hydrogen-bond acceptors (Lipinski definition) is 3. The summed E-state index contributed by atoms with van der Waals surface area (Å²) < 4.78 is 0. The number of rotatable bonds is 6. The standard InChI is InChI=1S/C17H22ClN3O2/c18-14-5-3-13(4-6-14)10-17(11-19-12-17)16(23)20-7-9-21-8-1-2-15(21)22/h3-6,19H,1-2,7-12H2,(H,20,23). The third-order valence-corrected chi connectivity index (χ3v) is 4.95. The summed E-state index contributed by atoms with van der Waals surface area (Å²) in [7, 11) is 0. The van der Waals surface area contributed by atoms with Crippen LogP contribution < -0.4 is 10.6 Å². The van der Waals surface area contributed by atoms with Gasteiger partial charge in [0.05, 0.1) is 5.41 Å². The number of carbonyl (C=O) groups is 2. The molecule has 0 aliphatic carbocycles. The Morgan fingerprint density at radius 1 is 1.30 bits per heavy atom. The van der Waals surface area contributed by atoms with Crippen molar-refractivity contribution >= 4 is 23.4 Å². The lowest BCUT2D eigenvalue weighted by Gasteiger charge is -2.41. The predicted molar refractivity (Wildman–Crippen MR) is 89.3 cm³/mol. The fourth-order valence-electron chi connectivity index (χ4n) is 3.22. The molecule has 2 heterocycles. The molecule has 0 saturated carbocycles. The first kappa shape index (κ1) is 16.3. The molecule has 2 aliphatic rings. The van der Waals surface area contributed by atoms with Crippen molar-refractivity contribution in [3.05, 3.63) is 34.9 Å². The minimum Gasteiger partial charge on any atom is -0.354 e. The van der Waals surface area contributed by atoms with E-state index in [9.17, 15) is 9.59 Å². The van der Waals surface area contributed by atoms with Gasteiger partial charge in [-0.25, -0.2) is 0 Å². The van der Waals surface area contributed by atoms with E-state index in [4.69, 9.17) is 11.6 Å². The van der Waals surface area contributed by atoms with Crippen LogP contribution in [0.1, 0.15) is 18.4 Å². The largest absolute Gasteiger partial charge is 0.354 e. The minimum atomic E-state index is -0.386. The SMILES string of the molecule is O=C1CCCN1CCNC(=O)C1(Cc2ccc(Cl)cc2)CNC1. The molecule has 0 unspecified atom stereocenters. The summed E-state index contributed by atoms with van der Waals surface area (Å²) >= 11 is 5.91. The van der Waals surface area contributed by atoms with Gasteiger partial charge in [-0.15, -0.1) is 0 Å². The molecule has 2 N–H and O–H groups in total. The molecule has 5 nitrogen and oxygen atoms in total. The smallest absolute Gasteiger partial charge is 0.229 e. The number of likely N-dealkylation sites (tertiary alicyclic amines) is 1. The number of halogens is 1. The maximum atomic E-state index is 12.6. The average Bonchev–Trinajstić information content (AvgIpc) is 2.90. The Morgan fingerprint density at radius 2 is 2.04 bits per heavy atom. The van der Waals surface area contributed by atoms with E-state index in [1.807, 2.05) is 29.2 Å². The van der Waals surface area contributed by atoms with Crippen LogP contribution in [0.2, 0.25) is 5.02 Å². The highest BCUT2D eigenvalue weighted by atomic mass is 35.5. The maximum absolute atomic E-state index is 12.6. The zero-order chi connectivity index (χ0) is 16.3. The highest BCUT2D eigenvalue weighted by molar-refractivity contribution is 6.30. The van der Waals surface area contributed by atoms with E-state index < -0.39 is 0 Å². The van der Waals surface area contributed by atoms with E-state index >= 15 is 0 Å². The topological polar surface area (TPSA) is 61.4 Å². The quantitative estimate of drug-likeness (QED) is 0.821. The normalized spacial score (nSPS) is 19.5. The van der Waals surface area contributed by atoms with E-state index in [1.165, 1.54) is 0 Å². The number of hydrogen-bond donors (Lipinski definition) is 2. The molecule has 0 spiro atoms. The minimum absolute atomic E-state index is 0.0674. The Balaban J connectivity index is 1.53. The summed E-state index contributed by atoms with van der Waals surface area (Å²) in [5.74, 6) is 0.262. The summed E-state index contributed by atoms with van der Waals surface area (Å²) in [6, 6.07) is 7.65. The monoisotopic (exact) mass is 335 g/mol. The summed E-state index contributed by atoms with van der Waals surface area (Å²) in [4.78, 5) is 26.0. The van der Waals surface area contributed by atoms with Crippen LogP contribution >= 0.6 is 11.6 Å². The van der Waals surface area contributed by atoms with Gasteiger partial charge >= 0.3 is 0 Å². The van der Waals surface area contributed by atoms with Gasteiger partial charge in [-0.2, -0.15) is 0 Å². The molecule has 0 bridgehead atoms. The van der Waals surface area contributed by atoms with E-state index in [1.54, 1.807) is 0 Å². The fraction of sp³-hybridized carbons (Fsp3) is 0.529. The summed E-state index contributed by atoms with van der Waals surface area (Å²) in [5.41, 5.74) is 0.726. The van der Waals surface area contributed by atoms with Crippen molar-refractivity contribution in [2.75, 3.05) is 32.7 Å².